The largest absolute Gasteiger partial charge is 0.494 e. The number of esters is 3. The second-order valence-electron chi connectivity index (χ2n) is 20.8. The Morgan fingerprint density at radius 2 is 1.08 bits per heavy atom. The number of hydrogen-bond donors (Lipinski definition) is 2. The molecule has 6 rings (SSSR count). The summed E-state index contributed by atoms with van der Waals surface area (Å²) in [6.45, 7) is 14.9. The molecule has 19 nitrogen and oxygen atoms in total. The first-order valence-electron chi connectivity index (χ1n) is 26.1. The van der Waals surface area contributed by atoms with E-state index in [-0.39, 0.29) is 119 Å². The number of benzene rings is 2. The number of ether oxygens (including phenoxy) is 3. The van der Waals surface area contributed by atoms with Crippen molar-refractivity contribution in [3.8, 4) is 23.9 Å². The maximum absolute atomic E-state index is 13.8. The van der Waals surface area contributed by atoms with Gasteiger partial charge in [-0.25, -0.2) is 9.59 Å². The molecule has 6 atom stereocenters. The summed E-state index contributed by atoms with van der Waals surface area (Å²) in [5.41, 5.74) is -2.33. The van der Waals surface area contributed by atoms with Gasteiger partial charge in [0.1, 0.15) is 47.9 Å². The number of hydrogen-bond acceptors (Lipinski definition) is 17. The number of pyridine rings is 2. The highest BCUT2D eigenvalue weighted by Gasteiger charge is 2.36. The molecule has 2 aromatic heterocycles. The molecule has 2 saturated carbocycles. The van der Waals surface area contributed by atoms with Gasteiger partial charge in [-0.2, -0.15) is 10.5 Å². The van der Waals surface area contributed by atoms with Gasteiger partial charge in [-0.15, -0.1) is 20.5 Å². The Kier molecular flexibility index (Phi) is 19.7. The molecule has 0 bridgehead atoms. The van der Waals surface area contributed by atoms with Crippen LogP contribution in [-0.2, 0) is 36.9 Å². The number of ketones is 1. The Bertz CT molecular complexity index is 3090. The van der Waals surface area contributed by atoms with Crippen LogP contribution in [0, 0.1) is 72.0 Å². The lowest BCUT2D eigenvalue weighted by molar-refractivity contribution is -0.146. The minimum Gasteiger partial charge on any atom is -0.494 e. The van der Waals surface area contributed by atoms with E-state index in [0.29, 0.717) is 23.7 Å². The Morgan fingerprint density at radius 1 is 0.658 bits per heavy atom. The molecule has 0 amide bonds. The highest BCUT2D eigenvalue weighted by atomic mass is 16.5. The molecule has 2 fully saturated rings. The highest BCUT2D eigenvalue weighted by molar-refractivity contribution is 5.96. The predicted octanol–water partition coefficient (Wildman–Crippen LogP) is 11.2. The number of azo groups is 2. The topological polar surface area (TPSA) is 277 Å². The quantitative estimate of drug-likeness (QED) is 0.0274. The summed E-state index contributed by atoms with van der Waals surface area (Å²) in [5.74, 6) is -1.73. The third-order valence-electron chi connectivity index (χ3n) is 14.7. The van der Waals surface area contributed by atoms with Crippen LogP contribution in [-0.4, -0.2) is 61.9 Å². The van der Waals surface area contributed by atoms with E-state index in [4.69, 9.17) is 14.2 Å². The molecule has 19 heteroatoms. The van der Waals surface area contributed by atoms with E-state index in [1.165, 1.54) is 26.0 Å². The minimum atomic E-state index is -0.865. The van der Waals surface area contributed by atoms with E-state index in [1.807, 2.05) is 12.1 Å². The van der Waals surface area contributed by atoms with Crippen molar-refractivity contribution in [3.05, 3.63) is 103 Å². The zero-order chi connectivity index (χ0) is 55.4. The lowest BCUT2D eigenvalue weighted by Crippen LogP contribution is -2.35. The summed E-state index contributed by atoms with van der Waals surface area (Å²) in [4.78, 5) is 80.2. The standard InChI is InChI=1S/C57H68N8O11/c1-32(2)39-22-20-34(5)27-47(39)75-56(72)41-16-9-11-18-45(41)60-62-50-43(30-58)36(7)52(68)64(54(50)70)24-13-15-38(66)29-49(67)74-26-14-25-65-53(69)37(8)44(31-59)51(55(65)71)63-61-46-19-12-10-17-42(46)57(73)76-48-28-35(6)21-23-40(48)33(3)4/h9-12,16-19,32-35,39-40,47-48,68-69H,13-15,20-29H2,1-8H3. The Hall–Kier alpha value is -7.80. The van der Waals surface area contributed by atoms with Crippen molar-refractivity contribution >= 4 is 46.4 Å². The van der Waals surface area contributed by atoms with Crippen molar-refractivity contribution in [2.75, 3.05) is 6.61 Å². The summed E-state index contributed by atoms with van der Waals surface area (Å²) in [6.07, 6.45) is 4.13. The first-order chi connectivity index (χ1) is 36.2. The number of aromatic hydroxyl groups is 2. The number of Topliss-reactive ketones (excluding diaryl/α,β-unsaturated/α-hetero) is 1. The third-order valence-corrected chi connectivity index (χ3v) is 14.7. The summed E-state index contributed by atoms with van der Waals surface area (Å²) in [7, 11) is 0. The van der Waals surface area contributed by atoms with Crippen LogP contribution in [0.4, 0.5) is 22.7 Å². The molecule has 4 aromatic rings. The van der Waals surface area contributed by atoms with Crippen LogP contribution in [0.2, 0.25) is 0 Å². The lowest BCUT2D eigenvalue weighted by Gasteiger charge is -2.36. The molecule has 0 radical (unpaired) electrons. The van der Waals surface area contributed by atoms with Crippen molar-refractivity contribution in [1.29, 1.82) is 10.5 Å². The van der Waals surface area contributed by atoms with Crippen LogP contribution in [0.25, 0.3) is 0 Å². The zero-order valence-electron chi connectivity index (χ0n) is 44.6. The molecule has 0 aliphatic heterocycles. The molecule has 2 aliphatic carbocycles. The van der Waals surface area contributed by atoms with E-state index < -0.39 is 53.0 Å². The fraction of sp³-hybridized carbons (Fsp3) is 0.509. The van der Waals surface area contributed by atoms with Gasteiger partial charge in [0, 0.05) is 30.6 Å². The number of aromatic nitrogens is 2. The Balaban J connectivity index is 1.05. The third kappa shape index (κ3) is 13.7. The van der Waals surface area contributed by atoms with Crippen LogP contribution in [0.1, 0.15) is 149 Å². The van der Waals surface area contributed by atoms with E-state index in [1.54, 1.807) is 36.4 Å². The predicted molar refractivity (Wildman–Crippen MR) is 280 cm³/mol. The van der Waals surface area contributed by atoms with Crippen molar-refractivity contribution in [1.82, 2.24) is 9.13 Å². The van der Waals surface area contributed by atoms with Gasteiger partial charge in [-0.1, -0.05) is 78.6 Å². The molecule has 6 unspecified atom stereocenters. The Morgan fingerprint density at radius 3 is 1.50 bits per heavy atom. The molecule has 2 aliphatic rings. The maximum Gasteiger partial charge on any atom is 0.340 e. The first-order valence-corrected chi connectivity index (χ1v) is 26.1. The first kappa shape index (κ1) is 57.5. The lowest BCUT2D eigenvalue weighted by atomic mass is 9.75. The van der Waals surface area contributed by atoms with Crippen molar-refractivity contribution in [3.63, 3.8) is 0 Å². The molecule has 0 saturated heterocycles. The number of carbonyl (C=O) groups excluding carboxylic acids is 4. The fourth-order valence-corrected chi connectivity index (χ4v) is 10.2. The molecule has 0 spiro atoms. The van der Waals surface area contributed by atoms with Crippen molar-refractivity contribution in [2.45, 2.75) is 145 Å². The average Bonchev–Trinajstić information content (AvgIpc) is 3.39. The molecule has 402 valence electrons. The number of carbonyl (C=O) groups is 4. The fourth-order valence-electron chi connectivity index (χ4n) is 10.2. The van der Waals surface area contributed by atoms with Crippen LogP contribution < -0.4 is 11.1 Å². The second-order valence-corrected chi connectivity index (χ2v) is 20.8. The van der Waals surface area contributed by atoms with Gasteiger partial charge < -0.3 is 24.4 Å². The molecule has 2 aromatic carbocycles. The molecular weight excluding hydrogens is 973 g/mol. The molecule has 2 N–H and O–H groups in total. The van der Waals surface area contributed by atoms with Crippen LogP contribution in [0.15, 0.2) is 78.6 Å². The van der Waals surface area contributed by atoms with E-state index in [0.717, 1.165) is 47.7 Å². The SMILES string of the molecule is Cc1c(C#N)c(N=Nc2ccccc2C(=O)OC2CC(C)CCC2C(C)C)c(=O)n(CCCOC(=O)CC(=O)CCCn2c(O)c(C)c(C#N)c(N=Nc3ccccc3C(=O)OC3CC(C)CCC3C(C)C)c2=O)c1O. The van der Waals surface area contributed by atoms with Gasteiger partial charge in [0.2, 0.25) is 0 Å². The van der Waals surface area contributed by atoms with Crippen molar-refractivity contribution < 1.29 is 43.6 Å². The zero-order valence-corrected chi connectivity index (χ0v) is 44.6. The van der Waals surface area contributed by atoms with Gasteiger partial charge in [0.15, 0.2) is 23.1 Å². The molecule has 2 heterocycles. The van der Waals surface area contributed by atoms with E-state index >= 15 is 0 Å². The number of nitrogens with zero attached hydrogens (tertiary/aromatic N) is 8. The van der Waals surface area contributed by atoms with Crippen LogP contribution in [0.3, 0.4) is 0 Å². The summed E-state index contributed by atoms with van der Waals surface area (Å²) in [6, 6.07) is 16.6. The van der Waals surface area contributed by atoms with E-state index in [2.05, 4.69) is 62.0 Å². The van der Waals surface area contributed by atoms with E-state index in [9.17, 15) is 49.5 Å². The van der Waals surface area contributed by atoms with Crippen LogP contribution in [0.5, 0.6) is 11.8 Å². The summed E-state index contributed by atoms with van der Waals surface area (Å²) >= 11 is 0. The average molecular weight is 1040 g/mol. The summed E-state index contributed by atoms with van der Waals surface area (Å²) < 4.78 is 19.3. The van der Waals surface area contributed by atoms with Crippen LogP contribution >= 0.6 is 0 Å². The van der Waals surface area contributed by atoms with Gasteiger partial charge in [-0.3, -0.25) is 28.3 Å². The van der Waals surface area contributed by atoms with Gasteiger partial charge >= 0.3 is 17.9 Å². The minimum absolute atomic E-state index is 0.00142. The van der Waals surface area contributed by atoms with Gasteiger partial charge in [0.05, 0.1) is 28.9 Å². The molecular formula is C57H68N8O11. The monoisotopic (exact) mass is 1040 g/mol. The highest BCUT2D eigenvalue weighted by Crippen LogP contribution is 2.38. The van der Waals surface area contributed by atoms with Gasteiger partial charge in [0.25, 0.3) is 11.1 Å². The smallest absolute Gasteiger partial charge is 0.340 e. The number of nitriles is 2. The molecule has 76 heavy (non-hydrogen) atoms. The normalized spacial score (nSPS) is 19.6. The maximum atomic E-state index is 13.8. The van der Waals surface area contributed by atoms with Crippen molar-refractivity contribution in [2.24, 2.45) is 56.0 Å². The summed E-state index contributed by atoms with van der Waals surface area (Å²) in [5, 5.41) is 58.6. The van der Waals surface area contributed by atoms with Gasteiger partial charge in [-0.05, 0) is 112 Å². The Labute approximate surface area is 442 Å². The second kappa shape index (κ2) is 26.1. The number of rotatable bonds is 20.